The van der Waals surface area contributed by atoms with Crippen LogP contribution >= 0.6 is 11.6 Å². The predicted molar refractivity (Wildman–Crippen MR) is 96.6 cm³/mol. The van der Waals surface area contributed by atoms with Crippen LogP contribution in [0.15, 0.2) is 48.5 Å². The first kappa shape index (κ1) is 17.4. The Morgan fingerprint density at radius 2 is 1.96 bits per heavy atom. The van der Waals surface area contributed by atoms with Gasteiger partial charge in [-0.25, -0.2) is 0 Å². The Kier molecular flexibility index (Phi) is 5.04. The van der Waals surface area contributed by atoms with Crippen LogP contribution in [0, 0.1) is 16.0 Å². The van der Waals surface area contributed by atoms with Gasteiger partial charge in [0.25, 0.3) is 11.6 Å². The standard InChI is InChI=1S/C19H19ClN2O3/c1-13(15-7-8-15)21(12-14-5-3-2-4-6-14)19(23)17-10-9-16(22(24)25)11-18(17)20/h2-6,9-11,13,15H,7-8,12H2,1H3. The zero-order chi connectivity index (χ0) is 18.0. The van der Waals surface area contributed by atoms with Crippen LogP contribution in [-0.4, -0.2) is 21.8 Å². The summed E-state index contributed by atoms with van der Waals surface area (Å²) in [4.78, 5) is 25.3. The lowest BCUT2D eigenvalue weighted by atomic mass is 10.1. The number of benzene rings is 2. The number of nitro benzene ring substituents is 1. The fourth-order valence-corrected chi connectivity index (χ4v) is 3.22. The van der Waals surface area contributed by atoms with Crippen LogP contribution in [0.3, 0.4) is 0 Å². The SMILES string of the molecule is CC(C1CC1)N(Cc1ccccc1)C(=O)c1ccc([N+](=O)[O-])cc1Cl. The van der Waals surface area contributed by atoms with Crippen molar-refractivity contribution in [2.45, 2.75) is 32.4 Å². The molecule has 1 amide bonds. The van der Waals surface area contributed by atoms with Crippen LogP contribution in [0.25, 0.3) is 0 Å². The Bertz CT molecular complexity index is 791. The summed E-state index contributed by atoms with van der Waals surface area (Å²) < 4.78 is 0. The Balaban J connectivity index is 1.89. The van der Waals surface area contributed by atoms with Gasteiger partial charge in [-0.3, -0.25) is 14.9 Å². The number of carbonyl (C=O) groups is 1. The molecular formula is C19H19ClN2O3. The van der Waals surface area contributed by atoms with Crippen molar-refractivity contribution in [3.8, 4) is 0 Å². The molecule has 1 fully saturated rings. The second-order valence-corrected chi connectivity index (χ2v) is 6.83. The van der Waals surface area contributed by atoms with E-state index in [0.717, 1.165) is 18.4 Å². The molecule has 0 aliphatic heterocycles. The fraction of sp³-hybridized carbons (Fsp3) is 0.316. The minimum Gasteiger partial charge on any atom is -0.331 e. The highest BCUT2D eigenvalue weighted by Crippen LogP contribution is 2.37. The topological polar surface area (TPSA) is 63.5 Å². The normalized spacial score (nSPS) is 14.8. The molecule has 0 bridgehead atoms. The van der Waals surface area contributed by atoms with Gasteiger partial charge < -0.3 is 4.90 Å². The summed E-state index contributed by atoms with van der Waals surface area (Å²) in [5.74, 6) is 0.313. The van der Waals surface area contributed by atoms with E-state index in [2.05, 4.69) is 6.92 Å². The molecule has 5 nitrogen and oxygen atoms in total. The van der Waals surface area contributed by atoms with Gasteiger partial charge in [0.2, 0.25) is 0 Å². The molecule has 0 heterocycles. The average Bonchev–Trinajstić information content (AvgIpc) is 3.44. The fourth-order valence-electron chi connectivity index (χ4n) is 2.96. The van der Waals surface area contributed by atoms with Crippen molar-refractivity contribution in [2.75, 3.05) is 0 Å². The summed E-state index contributed by atoms with van der Waals surface area (Å²) in [6.07, 6.45) is 2.24. The van der Waals surface area contributed by atoms with Crippen molar-refractivity contribution in [2.24, 2.45) is 5.92 Å². The highest BCUT2D eigenvalue weighted by Gasteiger charge is 2.35. The minimum atomic E-state index is -0.519. The van der Waals surface area contributed by atoms with Crippen molar-refractivity contribution < 1.29 is 9.72 Å². The van der Waals surface area contributed by atoms with E-state index in [-0.39, 0.29) is 22.7 Å². The maximum Gasteiger partial charge on any atom is 0.270 e. The van der Waals surface area contributed by atoms with E-state index >= 15 is 0 Å². The summed E-state index contributed by atoms with van der Waals surface area (Å²) in [5, 5.41) is 11.0. The lowest BCUT2D eigenvalue weighted by molar-refractivity contribution is -0.384. The largest absolute Gasteiger partial charge is 0.331 e. The summed E-state index contributed by atoms with van der Waals surface area (Å²) in [6, 6.07) is 13.9. The number of nitro groups is 1. The van der Waals surface area contributed by atoms with Gasteiger partial charge in [0, 0.05) is 24.7 Å². The van der Waals surface area contributed by atoms with E-state index in [0.29, 0.717) is 18.0 Å². The molecule has 0 saturated heterocycles. The summed E-state index contributed by atoms with van der Waals surface area (Å²) in [7, 11) is 0. The molecule has 1 aliphatic rings. The van der Waals surface area contributed by atoms with Gasteiger partial charge in [0.1, 0.15) is 0 Å². The molecule has 0 spiro atoms. The Labute approximate surface area is 151 Å². The summed E-state index contributed by atoms with van der Waals surface area (Å²) >= 11 is 6.16. The third-order valence-corrected chi connectivity index (χ3v) is 4.96. The molecular weight excluding hydrogens is 340 g/mol. The van der Waals surface area contributed by atoms with Crippen LogP contribution in [0.5, 0.6) is 0 Å². The lowest BCUT2D eigenvalue weighted by Gasteiger charge is -2.30. The molecule has 3 rings (SSSR count). The van der Waals surface area contributed by atoms with Gasteiger partial charge in [-0.1, -0.05) is 41.9 Å². The van der Waals surface area contributed by atoms with Gasteiger partial charge in [-0.15, -0.1) is 0 Å². The molecule has 0 aromatic heterocycles. The second-order valence-electron chi connectivity index (χ2n) is 6.42. The van der Waals surface area contributed by atoms with Crippen molar-refractivity contribution >= 4 is 23.2 Å². The molecule has 1 atom stereocenters. The van der Waals surface area contributed by atoms with Crippen LogP contribution in [0.1, 0.15) is 35.7 Å². The third kappa shape index (κ3) is 3.99. The van der Waals surface area contributed by atoms with Gasteiger partial charge in [0.05, 0.1) is 15.5 Å². The Morgan fingerprint density at radius 3 is 2.52 bits per heavy atom. The minimum absolute atomic E-state index is 0.0963. The quantitative estimate of drug-likeness (QED) is 0.556. The maximum atomic E-state index is 13.1. The van der Waals surface area contributed by atoms with Crippen molar-refractivity contribution in [1.29, 1.82) is 0 Å². The van der Waals surface area contributed by atoms with Gasteiger partial charge >= 0.3 is 0 Å². The number of amides is 1. The van der Waals surface area contributed by atoms with Gasteiger partial charge in [-0.2, -0.15) is 0 Å². The molecule has 6 heteroatoms. The molecule has 0 radical (unpaired) electrons. The van der Waals surface area contributed by atoms with Crippen LogP contribution in [0.2, 0.25) is 5.02 Å². The molecule has 130 valence electrons. The zero-order valence-electron chi connectivity index (χ0n) is 13.9. The van der Waals surface area contributed by atoms with Crippen LogP contribution in [-0.2, 0) is 6.54 Å². The maximum absolute atomic E-state index is 13.1. The number of hydrogen-bond donors (Lipinski definition) is 0. The van der Waals surface area contributed by atoms with Gasteiger partial charge in [0.15, 0.2) is 0 Å². The first-order chi connectivity index (χ1) is 12.0. The molecule has 1 unspecified atom stereocenters. The Hall–Kier alpha value is -2.40. The number of rotatable bonds is 6. The zero-order valence-corrected chi connectivity index (χ0v) is 14.6. The Morgan fingerprint density at radius 1 is 1.28 bits per heavy atom. The number of carbonyl (C=O) groups excluding carboxylic acids is 1. The molecule has 1 saturated carbocycles. The van der Waals surface area contributed by atoms with Crippen LogP contribution in [0.4, 0.5) is 5.69 Å². The van der Waals surface area contributed by atoms with E-state index < -0.39 is 4.92 Å². The van der Waals surface area contributed by atoms with E-state index in [4.69, 9.17) is 11.6 Å². The highest BCUT2D eigenvalue weighted by molar-refractivity contribution is 6.34. The van der Waals surface area contributed by atoms with E-state index in [1.54, 1.807) is 0 Å². The smallest absolute Gasteiger partial charge is 0.270 e. The van der Waals surface area contributed by atoms with Crippen LogP contribution < -0.4 is 0 Å². The first-order valence-corrected chi connectivity index (χ1v) is 8.64. The van der Waals surface area contributed by atoms with E-state index in [1.165, 1.54) is 18.2 Å². The first-order valence-electron chi connectivity index (χ1n) is 8.26. The monoisotopic (exact) mass is 358 g/mol. The van der Waals surface area contributed by atoms with Crippen molar-refractivity contribution in [3.05, 3.63) is 74.8 Å². The molecule has 1 aliphatic carbocycles. The third-order valence-electron chi connectivity index (χ3n) is 4.65. The number of nitrogens with zero attached hydrogens (tertiary/aromatic N) is 2. The number of halogens is 1. The average molecular weight is 359 g/mol. The van der Waals surface area contributed by atoms with E-state index in [1.807, 2.05) is 35.2 Å². The molecule has 25 heavy (non-hydrogen) atoms. The summed E-state index contributed by atoms with van der Waals surface area (Å²) in [6.45, 7) is 2.54. The summed E-state index contributed by atoms with van der Waals surface area (Å²) in [5.41, 5.74) is 1.23. The lowest BCUT2D eigenvalue weighted by Crippen LogP contribution is -2.39. The molecule has 2 aromatic rings. The van der Waals surface area contributed by atoms with Crippen molar-refractivity contribution in [1.82, 2.24) is 4.90 Å². The number of non-ortho nitro benzene ring substituents is 1. The van der Waals surface area contributed by atoms with Crippen molar-refractivity contribution in [3.63, 3.8) is 0 Å². The van der Waals surface area contributed by atoms with E-state index in [9.17, 15) is 14.9 Å². The molecule has 0 N–H and O–H groups in total. The predicted octanol–water partition coefficient (Wildman–Crippen LogP) is 4.69. The molecule has 2 aromatic carbocycles. The van der Waals surface area contributed by atoms with Gasteiger partial charge in [-0.05, 0) is 37.3 Å². The second kappa shape index (κ2) is 7.23. The highest BCUT2D eigenvalue weighted by atomic mass is 35.5. The number of hydrogen-bond acceptors (Lipinski definition) is 3.